The number of aromatic nitrogens is 3. The first-order valence-corrected chi connectivity index (χ1v) is 12.5. The Bertz CT molecular complexity index is 1260. The Labute approximate surface area is 197 Å². The second kappa shape index (κ2) is 9.35. The van der Waals surface area contributed by atoms with E-state index in [9.17, 15) is 4.79 Å². The quantitative estimate of drug-likeness (QED) is 0.338. The van der Waals surface area contributed by atoms with E-state index in [1.807, 2.05) is 25.1 Å². The maximum absolute atomic E-state index is 13.0. The fourth-order valence-electron chi connectivity index (χ4n) is 4.22. The lowest BCUT2D eigenvalue weighted by Gasteiger charge is -2.14. The molecule has 1 aliphatic rings. The van der Waals surface area contributed by atoms with Gasteiger partial charge in [0.1, 0.15) is 11.6 Å². The average molecular weight is 461 g/mol. The molecule has 0 saturated heterocycles. The predicted octanol–water partition coefficient (Wildman–Crippen LogP) is 6.10. The van der Waals surface area contributed by atoms with E-state index in [2.05, 4.69) is 29.5 Å². The molecular weight excluding hydrogens is 432 g/mol. The summed E-state index contributed by atoms with van der Waals surface area (Å²) in [6, 6.07) is 13.7. The Kier molecular flexibility index (Phi) is 6.13. The first-order chi connectivity index (χ1) is 16.1. The standard InChI is InChI=1S/C26H28N4O2S/c1-3-4-12-32-21-11-7-10-20(14-21)25(31)28-24-13-17(2)29-30(24)26-27-22-15-18-8-5-6-9-19(18)16-23(22)33-26/h7,10-11,13-16H,3-6,8-9,12H2,1-2H3,(H,28,31). The first kappa shape index (κ1) is 21.6. The van der Waals surface area contributed by atoms with E-state index in [-0.39, 0.29) is 5.91 Å². The maximum Gasteiger partial charge on any atom is 0.256 e. The molecule has 6 nitrogen and oxygen atoms in total. The van der Waals surface area contributed by atoms with Crippen molar-refractivity contribution in [1.82, 2.24) is 14.8 Å². The molecule has 1 N–H and O–H groups in total. The lowest BCUT2D eigenvalue weighted by molar-refractivity contribution is 0.102. The van der Waals surface area contributed by atoms with Gasteiger partial charge in [0.15, 0.2) is 0 Å². The molecule has 1 amide bonds. The van der Waals surface area contributed by atoms with E-state index in [1.54, 1.807) is 28.2 Å². The number of unbranched alkanes of at least 4 members (excludes halogenated alkanes) is 1. The maximum atomic E-state index is 13.0. The van der Waals surface area contributed by atoms with Gasteiger partial charge in [-0.2, -0.15) is 9.78 Å². The highest BCUT2D eigenvalue weighted by Crippen LogP contribution is 2.32. The Morgan fingerprint density at radius 1 is 1.15 bits per heavy atom. The summed E-state index contributed by atoms with van der Waals surface area (Å²) >= 11 is 1.61. The van der Waals surface area contributed by atoms with Gasteiger partial charge < -0.3 is 10.1 Å². The molecule has 2 aromatic carbocycles. The highest BCUT2D eigenvalue weighted by Gasteiger charge is 2.18. The van der Waals surface area contributed by atoms with E-state index in [1.165, 1.54) is 24.0 Å². The Morgan fingerprint density at radius 2 is 1.97 bits per heavy atom. The number of aryl methyl sites for hydroxylation is 3. The highest BCUT2D eigenvalue weighted by molar-refractivity contribution is 7.20. The topological polar surface area (TPSA) is 69.0 Å². The number of fused-ring (bicyclic) bond motifs is 2. The van der Waals surface area contributed by atoms with Gasteiger partial charge in [0.2, 0.25) is 5.13 Å². The minimum absolute atomic E-state index is 0.200. The van der Waals surface area contributed by atoms with Gasteiger partial charge in [0, 0.05) is 11.6 Å². The minimum atomic E-state index is -0.200. The van der Waals surface area contributed by atoms with Crippen molar-refractivity contribution in [2.24, 2.45) is 0 Å². The summed E-state index contributed by atoms with van der Waals surface area (Å²) in [5.41, 5.74) is 5.22. The largest absolute Gasteiger partial charge is 0.494 e. The van der Waals surface area contributed by atoms with Gasteiger partial charge in [-0.1, -0.05) is 30.7 Å². The molecule has 5 rings (SSSR count). The van der Waals surface area contributed by atoms with Crippen LogP contribution in [0.5, 0.6) is 5.75 Å². The van der Waals surface area contributed by atoms with Crippen molar-refractivity contribution >= 4 is 33.3 Å². The smallest absolute Gasteiger partial charge is 0.256 e. The van der Waals surface area contributed by atoms with Crippen LogP contribution in [0, 0.1) is 6.92 Å². The van der Waals surface area contributed by atoms with Gasteiger partial charge in [0.25, 0.3) is 5.91 Å². The van der Waals surface area contributed by atoms with Crippen LogP contribution >= 0.6 is 11.3 Å². The molecule has 0 aliphatic heterocycles. The summed E-state index contributed by atoms with van der Waals surface area (Å²) in [6.45, 7) is 4.69. The summed E-state index contributed by atoms with van der Waals surface area (Å²) in [7, 11) is 0. The second-order valence-corrected chi connectivity index (χ2v) is 9.57. The minimum Gasteiger partial charge on any atom is -0.494 e. The molecule has 0 unspecified atom stereocenters. The Morgan fingerprint density at radius 3 is 2.79 bits per heavy atom. The Hall–Kier alpha value is -3.19. The summed E-state index contributed by atoms with van der Waals surface area (Å²) in [6.07, 6.45) is 6.82. The van der Waals surface area contributed by atoms with Crippen LogP contribution in [0.2, 0.25) is 0 Å². The van der Waals surface area contributed by atoms with Crippen molar-refractivity contribution in [2.75, 3.05) is 11.9 Å². The van der Waals surface area contributed by atoms with Gasteiger partial charge in [-0.15, -0.1) is 0 Å². The van der Waals surface area contributed by atoms with E-state index in [0.29, 0.717) is 23.7 Å². The van der Waals surface area contributed by atoms with E-state index in [4.69, 9.17) is 9.72 Å². The molecule has 0 saturated carbocycles. The molecule has 170 valence electrons. The van der Waals surface area contributed by atoms with Crippen molar-refractivity contribution in [3.63, 3.8) is 0 Å². The molecule has 0 spiro atoms. The van der Waals surface area contributed by atoms with Crippen LogP contribution in [-0.4, -0.2) is 27.3 Å². The number of benzene rings is 2. The summed E-state index contributed by atoms with van der Waals surface area (Å²) in [5, 5.41) is 8.38. The number of hydrogen-bond acceptors (Lipinski definition) is 5. The van der Waals surface area contributed by atoms with Gasteiger partial charge in [-0.3, -0.25) is 4.79 Å². The molecule has 7 heteroatoms. The third kappa shape index (κ3) is 4.64. The summed E-state index contributed by atoms with van der Waals surface area (Å²) < 4.78 is 8.65. The van der Waals surface area contributed by atoms with Crippen molar-refractivity contribution in [2.45, 2.75) is 52.4 Å². The van der Waals surface area contributed by atoms with Crippen LogP contribution in [0.4, 0.5) is 5.82 Å². The summed E-state index contributed by atoms with van der Waals surface area (Å²) in [5.74, 6) is 1.11. The third-order valence-electron chi connectivity index (χ3n) is 5.96. The number of rotatable bonds is 7. The van der Waals surface area contributed by atoms with E-state index < -0.39 is 0 Å². The van der Waals surface area contributed by atoms with Crippen LogP contribution in [0.1, 0.15) is 59.8 Å². The number of nitrogens with zero attached hydrogens (tertiary/aromatic N) is 3. The zero-order valence-electron chi connectivity index (χ0n) is 19.1. The number of nitrogens with one attached hydrogen (secondary N) is 1. The number of anilines is 1. The number of carbonyl (C=O) groups is 1. The number of carbonyl (C=O) groups excluding carboxylic acids is 1. The molecule has 33 heavy (non-hydrogen) atoms. The van der Waals surface area contributed by atoms with Gasteiger partial charge in [-0.25, -0.2) is 4.98 Å². The fraction of sp³-hybridized carbons (Fsp3) is 0.346. The SMILES string of the molecule is CCCCOc1cccc(C(=O)Nc2cc(C)nn2-c2nc3cc4c(cc3s2)CCCC4)c1. The fourth-order valence-corrected chi connectivity index (χ4v) is 5.19. The Balaban J connectivity index is 1.40. The van der Waals surface area contributed by atoms with E-state index in [0.717, 1.165) is 46.7 Å². The molecule has 4 aromatic rings. The molecule has 0 atom stereocenters. The highest BCUT2D eigenvalue weighted by atomic mass is 32.1. The molecule has 0 fully saturated rings. The van der Waals surface area contributed by atoms with E-state index >= 15 is 0 Å². The predicted molar refractivity (Wildman–Crippen MR) is 133 cm³/mol. The second-order valence-electron chi connectivity index (χ2n) is 8.56. The molecule has 0 bridgehead atoms. The van der Waals surface area contributed by atoms with Crippen LogP contribution in [-0.2, 0) is 12.8 Å². The molecule has 1 aliphatic carbocycles. The first-order valence-electron chi connectivity index (χ1n) is 11.6. The van der Waals surface area contributed by atoms with Crippen molar-refractivity contribution in [1.29, 1.82) is 0 Å². The zero-order valence-corrected chi connectivity index (χ0v) is 19.9. The van der Waals surface area contributed by atoms with Crippen molar-refractivity contribution < 1.29 is 9.53 Å². The van der Waals surface area contributed by atoms with Crippen LogP contribution in [0.3, 0.4) is 0 Å². The van der Waals surface area contributed by atoms with Crippen molar-refractivity contribution in [3.8, 4) is 10.9 Å². The lowest BCUT2D eigenvalue weighted by atomic mass is 9.92. The number of hydrogen-bond donors (Lipinski definition) is 1. The van der Waals surface area contributed by atoms with Gasteiger partial charge >= 0.3 is 0 Å². The van der Waals surface area contributed by atoms with Crippen LogP contribution in [0.25, 0.3) is 15.3 Å². The lowest BCUT2D eigenvalue weighted by Crippen LogP contribution is -2.15. The van der Waals surface area contributed by atoms with Crippen LogP contribution in [0.15, 0.2) is 42.5 Å². The molecule has 2 aromatic heterocycles. The van der Waals surface area contributed by atoms with Gasteiger partial charge in [0.05, 0.1) is 22.5 Å². The molecule has 0 radical (unpaired) electrons. The zero-order chi connectivity index (χ0) is 22.8. The number of ether oxygens (including phenoxy) is 1. The average Bonchev–Trinajstić information content (AvgIpc) is 3.40. The number of amides is 1. The summed E-state index contributed by atoms with van der Waals surface area (Å²) in [4.78, 5) is 17.9. The van der Waals surface area contributed by atoms with Crippen LogP contribution < -0.4 is 10.1 Å². The molecule has 2 heterocycles. The monoisotopic (exact) mass is 460 g/mol. The van der Waals surface area contributed by atoms with Crippen molar-refractivity contribution in [3.05, 3.63) is 64.8 Å². The third-order valence-corrected chi connectivity index (χ3v) is 6.95. The molecular formula is C26H28N4O2S. The van der Waals surface area contributed by atoms with Gasteiger partial charge in [-0.05, 0) is 80.5 Å². The number of thiazole rings is 1. The normalized spacial score (nSPS) is 13.2.